The van der Waals surface area contributed by atoms with E-state index in [2.05, 4.69) is 15.9 Å². The van der Waals surface area contributed by atoms with Gasteiger partial charge in [0, 0.05) is 10.6 Å². The maximum atomic E-state index is 11.7. The fourth-order valence-corrected chi connectivity index (χ4v) is 5.31. The van der Waals surface area contributed by atoms with Gasteiger partial charge in [-0.2, -0.15) is 5.10 Å². The van der Waals surface area contributed by atoms with Gasteiger partial charge in [0.25, 0.3) is 0 Å². The van der Waals surface area contributed by atoms with Crippen molar-refractivity contribution in [2.45, 2.75) is 25.2 Å². The molecule has 1 N–H and O–H groups in total. The van der Waals surface area contributed by atoms with Crippen LogP contribution in [0.25, 0.3) is 16.3 Å². The molecule has 0 spiro atoms. The van der Waals surface area contributed by atoms with Crippen LogP contribution in [0, 0.1) is 0 Å². The highest BCUT2D eigenvalue weighted by Crippen LogP contribution is 2.42. The predicted molar refractivity (Wildman–Crippen MR) is 108 cm³/mol. The zero-order valence-electron chi connectivity index (χ0n) is 13.4. The van der Waals surface area contributed by atoms with Gasteiger partial charge in [-0.25, -0.2) is 4.68 Å². The molecule has 4 rings (SSSR count). The highest BCUT2D eigenvalue weighted by Gasteiger charge is 2.33. The summed E-state index contributed by atoms with van der Waals surface area (Å²) in [4.78, 5) is 12.7. The van der Waals surface area contributed by atoms with E-state index in [1.807, 2.05) is 18.2 Å². The average molecular weight is 472 g/mol. The van der Waals surface area contributed by atoms with Crippen LogP contribution < -0.4 is 0 Å². The van der Waals surface area contributed by atoms with Crippen molar-refractivity contribution in [3.8, 4) is 16.3 Å². The van der Waals surface area contributed by atoms with Gasteiger partial charge in [0.2, 0.25) is 0 Å². The molecule has 26 heavy (non-hydrogen) atoms. The standard InChI is InChI=1S/C18H13BrCl2N2O2S/c19-15-7-6-14(26-15)17-10-2-1-3-11(18(24)25)16(10)22-23(17)13-5-4-9(20)8-12(13)21/h4-8,11H,1-3H2,(H,24,25)/t11-/m1/s1. The van der Waals surface area contributed by atoms with E-state index >= 15 is 0 Å². The molecular formula is C18H13BrCl2N2O2S. The van der Waals surface area contributed by atoms with E-state index in [0.29, 0.717) is 27.8 Å². The summed E-state index contributed by atoms with van der Waals surface area (Å²) >= 11 is 17.5. The molecule has 3 aromatic rings. The number of fused-ring (bicyclic) bond motifs is 1. The summed E-state index contributed by atoms with van der Waals surface area (Å²) in [5, 5.41) is 15.3. The number of benzene rings is 1. The highest BCUT2D eigenvalue weighted by molar-refractivity contribution is 9.11. The lowest BCUT2D eigenvalue weighted by atomic mass is 9.86. The van der Waals surface area contributed by atoms with Crippen LogP contribution >= 0.6 is 50.5 Å². The Kier molecular flexibility index (Phi) is 4.86. The molecule has 0 saturated carbocycles. The fourth-order valence-electron chi connectivity index (χ4n) is 3.38. The van der Waals surface area contributed by atoms with Crippen LogP contribution in [0.3, 0.4) is 0 Å². The minimum absolute atomic E-state index is 0.473. The monoisotopic (exact) mass is 470 g/mol. The Labute approximate surface area is 172 Å². The molecule has 134 valence electrons. The summed E-state index contributed by atoms with van der Waals surface area (Å²) < 4.78 is 2.77. The Bertz CT molecular complexity index is 1010. The van der Waals surface area contributed by atoms with Gasteiger partial charge in [-0.05, 0) is 65.5 Å². The molecule has 0 saturated heterocycles. The molecule has 2 heterocycles. The van der Waals surface area contributed by atoms with Crippen molar-refractivity contribution in [2.75, 3.05) is 0 Å². The number of hydrogen-bond donors (Lipinski definition) is 1. The summed E-state index contributed by atoms with van der Waals surface area (Å²) in [6.07, 6.45) is 2.22. The number of carbonyl (C=O) groups is 1. The molecule has 4 nitrogen and oxygen atoms in total. The molecule has 0 bridgehead atoms. The van der Waals surface area contributed by atoms with Crippen LogP contribution in [0.15, 0.2) is 34.1 Å². The minimum atomic E-state index is -0.836. The van der Waals surface area contributed by atoms with E-state index in [0.717, 1.165) is 32.8 Å². The SMILES string of the molecule is O=C(O)[C@@H]1CCCc2c1nn(-c1ccc(Cl)cc1Cl)c2-c1ccc(Br)s1. The molecule has 0 unspecified atom stereocenters. The molecule has 1 aromatic carbocycles. The first-order valence-electron chi connectivity index (χ1n) is 8.01. The van der Waals surface area contributed by atoms with Crippen molar-refractivity contribution in [1.29, 1.82) is 0 Å². The maximum Gasteiger partial charge on any atom is 0.312 e. The van der Waals surface area contributed by atoms with Crippen molar-refractivity contribution < 1.29 is 9.90 Å². The van der Waals surface area contributed by atoms with Gasteiger partial charge in [0.15, 0.2) is 0 Å². The average Bonchev–Trinajstić information content (AvgIpc) is 3.17. The number of carboxylic acids is 1. The van der Waals surface area contributed by atoms with Gasteiger partial charge in [0.05, 0.1) is 30.8 Å². The van der Waals surface area contributed by atoms with Crippen LogP contribution in [-0.2, 0) is 11.2 Å². The fraction of sp³-hybridized carbons (Fsp3) is 0.222. The Morgan fingerprint density at radius 1 is 1.31 bits per heavy atom. The second-order valence-electron chi connectivity index (χ2n) is 6.11. The molecule has 1 aliphatic rings. The number of hydrogen-bond acceptors (Lipinski definition) is 3. The number of aromatic nitrogens is 2. The predicted octanol–water partition coefficient (Wildman–Crippen LogP) is 6.17. The molecule has 1 atom stereocenters. The first kappa shape index (κ1) is 18.0. The number of nitrogens with zero attached hydrogens (tertiary/aromatic N) is 2. The van der Waals surface area contributed by atoms with Crippen molar-refractivity contribution in [2.24, 2.45) is 0 Å². The molecule has 0 fully saturated rings. The van der Waals surface area contributed by atoms with Gasteiger partial charge in [-0.3, -0.25) is 4.79 Å². The van der Waals surface area contributed by atoms with E-state index in [1.54, 1.807) is 28.2 Å². The second kappa shape index (κ2) is 7.00. The lowest BCUT2D eigenvalue weighted by Crippen LogP contribution is -2.17. The van der Waals surface area contributed by atoms with Crippen LogP contribution in [0.1, 0.15) is 30.0 Å². The lowest BCUT2D eigenvalue weighted by Gasteiger charge is -2.17. The number of rotatable bonds is 3. The molecule has 2 aromatic heterocycles. The summed E-state index contributed by atoms with van der Waals surface area (Å²) in [6.45, 7) is 0. The number of halogens is 3. The molecule has 0 aliphatic heterocycles. The largest absolute Gasteiger partial charge is 0.481 e. The maximum absolute atomic E-state index is 11.7. The summed E-state index contributed by atoms with van der Waals surface area (Å²) in [7, 11) is 0. The van der Waals surface area contributed by atoms with E-state index in [1.165, 1.54) is 0 Å². The van der Waals surface area contributed by atoms with Gasteiger partial charge in [-0.1, -0.05) is 23.2 Å². The highest BCUT2D eigenvalue weighted by atomic mass is 79.9. The lowest BCUT2D eigenvalue weighted by molar-refractivity contribution is -0.139. The van der Waals surface area contributed by atoms with E-state index < -0.39 is 11.9 Å². The normalized spacial score (nSPS) is 16.5. The Morgan fingerprint density at radius 3 is 2.77 bits per heavy atom. The third kappa shape index (κ3) is 3.09. The third-order valence-electron chi connectivity index (χ3n) is 4.51. The van der Waals surface area contributed by atoms with Crippen molar-refractivity contribution in [3.05, 3.63) is 55.4 Å². The van der Waals surface area contributed by atoms with Gasteiger partial charge in [-0.15, -0.1) is 11.3 Å². The number of thiophene rings is 1. The second-order valence-corrected chi connectivity index (χ2v) is 9.41. The van der Waals surface area contributed by atoms with Crippen molar-refractivity contribution in [3.63, 3.8) is 0 Å². The van der Waals surface area contributed by atoms with E-state index in [9.17, 15) is 9.90 Å². The summed E-state index contributed by atoms with van der Waals surface area (Å²) in [5.41, 5.74) is 3.22. The van der Waals surface area contributed by atoms with Crippen LogP contribution in [0.2, 0.25) is 10.0 Å². The zero-order valence-corrected chi connectivity index (χ0v) is 17.3. The molecule has 0 amide bonds. The molecule has 0 radical (unpaired) electrons. The van der Waals surface area contributed by atoms with Gasteiger partial charge >= 0.3 is 5.97 Å². The molecule has 8 heteroatoms. The number of carboxylic acid groups (broad SMARTS) is 1. The number of aliphatic carboxylic acids is 1. The Morgan fingerprint density at radius 2 is 2.12 bits per heavy atom. The molecule has 1 aliphatic carbocycles. The van der Waals surface area contributed by atoms with Crippen molar-refractivity contribution >= 4 is 56.4 Å². The molecular weight excluding hydrogens is 459 g/mol. The minimum Gasteiger partial charge on any atom is -0.481 e. The Balaban J connectivity index is 2.00. The van der Waals surface area contributed by atoms with Gasteiger partial charge in [0.1, 0.15) is 5.92 Å². The first-order valence-corrected chi connectivity index (χ1v) is 10.4. The Hall–Kier alpha value is -1.34. The topological polar surface area (TPSA) is 55.1 Å². The quantitative estimate of drug-likeness (QED) is 0.496. The first-order chi connectivity index (χ1) is 12.5. The van der Waals surface area contributed by atoms with Crippen LogP contribution in [-0.4, -0.2) is 20.9 Å². The van der Waals surface area contributed by atoms with E-state index in [4.69, 9.17) is 28.3 Å². The van der Waals surface area contributed by atoms with Crippen molar-refractivity contribution in [1.82, 2.24) is 9.78 Å². The summed E-state index contributed by atoms with van der Waals surface area (Å²) in [6, 6.07) is 9.22. The summed E-state index contributed by atoms with van der Waals surface area (Å²) in [5.74, 6) is -1.43. The smallest absolute Gasteiger partial charge is 0.312 e. The zero-order chi connectivity index (χ0) is 18.4. The van der Waals surface area contributed by atoms with Gasteiger partial charge < -0.3 is 5.11 Å². The van der Waals surface area contributed by atoms with E-state index in [-0.39, 0.29) is 0 Å². The van der Waals surface area contributed by atoms with Crippen LogP contribution in [0.4, 0.5) is 0 Å². The van der Waals surface area contributed by atoms with Crippen LogP contribution in [0.5, 0.6) is 0 Å². The third-order valence-corrected chi connectivity index (χ3v) is 6.68.